The molecule has 0 aromatic carbocycles. The van der Waals surface area contributed by atoms with Crippen LogP contribution >= 0.6 is 12.6 Å². The number of amides is 2. The first-order valence-corrected chi connectivity index (χ1v) is 8.89. The number of nitrogens with two attached hydrogens (primary N) is 1. The number of hydrogen-bond acceptors (Lipinski definition) is 9. The molecule has 0 heterocycles. The van der Waals surface area contributed by atoms with Gasteiger partial charge in [0.05, 0.1) is 0 Å². The van der Waals surface area contributed by atoms with E-state index in [1.807, 2.05) is 19.2 Å². The average molecular weight is 465 g/mol. The third-order valence-corrected chi connectivity index (χ3v) is 0.806. The Kier molecular flexibility index (Phi) is 130. The van der Waals surface area contributed by atoms with Crippen LogP contribution in [0.5, 0.6) is 0 Å². The standard InChI is InChI=1S/C4H7NO2.C4H6O3.C4H6.C3H9N.C2H4.C2H2.CH3N.CH4S.H3N/c1-3(6)5-4(2)7;1-3(5)7-4(2)6;1-3-4-2;1-3(2)4;4*1-2;/h1-2H3,(H,5,6,7);1-2H3;3-4H,1-2H2;3H,4H2,1-2H3;1-2H2;1-2H;2H,1H2;2H,1H3;1H3. The topological polar surface area (TPSA) is 174 Å². The van der Waals surface area contributed by atoms with Crippen LogP contribution in [-0.4, -0.2) is 42.8 Å². The number of terminal acetylenes is 1. The second kappa shape index (κ2) is 71.3. The van der Waals surface area contributed by atoms with Gasteiger partial charge in [0, 0.05) is 27.7 Å². The van der Waals surface area contributed by atoms with Crippen molar-refractivity contribution in [3.63, 3.8) is 0 Å². The van der Waals surface area contributed by atoms with Gasteiger partial charge in [-0.05, 0) is 19.0 Å². The van der Waals surface area contributed by atoms with Crippen LogP contribution in [0.25, 0.3) is 0 Å². The maximum absolute atomic E-state index is 9.92. The molecule has 0 atom stereocenters. The minimum Gasteiger partial charge on any atom is -0.394 e. The number of ether oxygens (including phenoxy) is 1. The summed E-state index contributed by atoms with van der Waals surface area (Å²) in [7, 11) is 0. The quantitative estimate of drug-likeness (QED) is 0.0750. The van der Waals surface area contributed by atoms with Crippen LogP contribution in [0.2, 0.25) is 0 Å². The lowest BCUT2D eigenvalue weighted by molar-refractivity contribution is -0.156. The van der Waals surface area contributed by atoms with Crippen molar-refractivity contribution in [2.45, 2.75) is 47.6 Å². The molecule has 0 saturated carbocycles. The van der Waals surface area contributed by atoms with Crippen molar-refractivity contribution in [3.05, 3.63) is 38.5 Å². The molecule has 31 heavy (non-hydrogen) atoms. The maximum atomic E-state index is 9.92. The fraction of sp³-hybridized carbons (Fsp3) is 0.381. The van der Waals surface area contributed by atoms with E-state index in [4.69, 9.17) is 11.1 Å². The fourth-order valence-electron chi connectivity index (χ4n) is 0.450. The smallest absolute Gasteiger partial charge is 0.310 e. The normalized spacial score (nSPS) is 5.81. The van der Waals surface area contributed by atoms with Gasteiger partial charge in [-0.3, -0.25) is 24.5 Å². The van der Waals surface area contributed by atoms with Crippen molar-refractivity contribution in [1.82, 2.24) is 11.5 Å². The Bertz CT molecular complexity index is 380. The summed E-state index contributed by atoms with van der Waals surface area (Å²) in [4.78, 5) is 39.5. The third-order valence-electron chi connectivity index (χ3n) is 0.806. The zero-order valence-corrected chi connectivity index (χ0v) is 21.1. The third kappa shape index (κ3) is 469. The summed E-state index contributed by atoms with van der Waals surface area (Å²) in [5, 5.41) is 7.53. The molecule has 0 radical (unpaired) electrons. The van der Waals surface area contributed by atoms with Crippen LogP contribution in [0.4, 0.5) is 0 Å². The molecule has 10 heteroatoms. The Morgan fingerprint density at radius 3 is 1.06 bits per heavy atom. The van der Waals surface area contributed by atoms with E-state index in [-0.39, 0.29) is 18.0 Å². The first kappa shape index (κ1) is 56.5. The van der Waals surface area contributed by atoms with Crippen LogP contribution in [0, 0.1) is 18.3 Å². The van der Waals surface area contributed by atoms with Crippen molar-refractivity contribution < 1.29 is 23.9 Å². The highest BCUT2D eigenvalue weighted by Gasteiger charge is 1.93. The summed E-state index contributed by atoms with van der Waals surface area (Å²) in [5.74, 6) is -1.75. The second-order valence-electron chi connectivity index (χ2n) is 4.04. The molecular weight excluding hydrogens is 420 g/mol. The first-order valence-electron chi connectivity index (χ1n) is 8.00. The molecular formula is C21H44N4O5S. The van der Waals surface area contributed by atoms with Crippen molar-refractivity contribution >= 4 is 43.1 Å². The number of thiol groups is 1. The van der Waals surface area contributed by atoms with Gasteiger partial charge in [0.25, 0.3) is 0 Å². The fourth-order valence-corrected chi connectivity index (χ4v) is 0.450. The van der Waals surface area contributed by atoms with E-state index in [2.05, 4.69) is 63.2 Å². The minimum atomic E-state index is -0.562. The van der Waals surface area contributed by atoms with E-state index in [0.717, 1.165) is 0 Å². The zero-order valence-electron chi connectivity index (χ0n) is 20.2. The molecule has 9 nitrogen and oxygen atoms in total. The summed E-state index contributed by atoms with van der Waals surface area (Å²) in [6.45, 7) is 24.1. The highest BCUT2D eigenvalue weighted by Crippen LogP contribution is 1.73. The lowest BCUT2D eigenvalue weighted by atomic mass is 10.5. The van der Waals surface area contributed by atoms with Gasteiger partial charge in [-0.15, -0.1) is 26.0 Å². The SMILES string of the molecule is C#C.C=C.C=CC=C.C=N.CC(=O)NC(C)=O.CC(=O)OC(C)=O.CC(C)N.CS.N. The molecule has 0 aromatic rings. The second-order valence-corrected chi connectivity index (χ2v) is 4.04. The van der Waals surface area contributed by atoms with Crippen LogP contribution in [0.3, 0.4) is 0 Å². The van der Waals surface area contributed by atoms with Crippen LogP contribution < -0.4 is 17.2 Å². The molecule has 0 fully saturated rings. The van der Waals surface area contributed by atoms with Gasteiger partial charge in [-0.1, -0.05) is 39.2 Å². The predicted octanol–water partition coefficient (Wildman–Crippen LogP) is 3.50. The molecule has 2 amide bonds. The molecule has 0 saturated heterocycles. The van der Waals surface area contributed by atoms with E-state index in [1.165, 1.54) is 27.7 Å². The van der Waals surface area contributed by atoms with Crippen molar-refractivity contribution in [2.75, 3.05) is 6.26 Å². The van der Waals surface area contributed by atoms with E-state index in [1.54, 1.807) is 18.4 Å². The molecule has 7 N–H and O–H groups in total. The highest BCUT2D eigenvalue weighted by molar-refractivity contribution is 7.79. The highest BCUT2D eigenvalue weighted by atomic mass is 32.1. The largest absolute Gasteiger partial charge is 0.394 e. The predicted molar refractivity (Wildman–Crippen MR) is 138 cm³/mol. The maximum Gasteiger partial charge on any atom is 0.310 e. The number of carbonyl (C=O) groups is 4. The lowest BCUT2D eigenvalue weighted by Crippen LogP contribution is -2.24. The molecule has 0 aliphatic heterocycles. The van der Waals surface area contributed by atoms with Crippen molar-refractivity contribution in [1.29, 1.82) is 5.41 Å². The van der Waals surface area contributed by atoms with Crippen LogP contribution in [-0.2, 0) is 23.9 Å². The molecule has 0 rings (SSSR count). The molecule has 0 spiro atoms. The minimum absolute atomic E-state index is 0. The van der Waals surface area contributed by atoms with Crippen molar-refractivity contribution in [2.24, 2.45) is 5.73 Å². The average Bonchev–Trinajstić information content (AvgIpc) is 2.66. The van der Waals surface area contributed by atoms with E-state index in [9.17, 15) is 19.2 Å². The number of allylic oxidation sites excluding steroid dienone is 2. The molecule has 184 valence electrons. The van der Waals surface area contributed by atoms with Gasteiger partial charge in [-0.25, -0.2) is 0 Å². The number of esters is 2. The molecule has 0 aliphatic rings. The summed E-state index contributed by atoms with van der Waals surface area (Å²) in [5.41, 5.74) is 5.11. The van der Waals surface area contributed by atoms with Gasteiger partial charge in [0.2, 0.25) is 11.8 Å². The van der Waals surface area contributed by atoms with E-state index >= 15 is 0 Å². The number of rotatable bonds is 1. The summed E-state index contributed by atoms with van der Waals surface area (Å²) < 4.78 is 3.97. The van der Waals surface area contributed by atoms with Gasteiger partial charge in [0.15, 0.2) is 0 Å². The van der Waals surface area contributed by atoms with Crippen LogP contribution in [0.15, 0.2) is 38.5 Å². The summed E-state index contributed by atoms with van der Waals surface area (Å²) in [6.07, 6.45) is 13.0. The van der Waals surface area contributed by atoms with E-state index in [0.29, 0.717) is 6.04 Å². The Hall–Kier alpha value is -3.00. The lowest BCUT2D eigenvalue weighted by Gasteiger charge is -1.88. The first-order chi connectivity index (χ1) is 13.9. The van der Waals surface area contributed by atoms with Gasteiger partial charge in [-0.2, -0.15) is 12.6 Å². The summed E-state index contributed by atoms with van der Waals surface area (Å²) in [6, 6.07) is 0.333. The zero-order chi connectivity index (χ0) is 26.7. The molecule has 0 aromatic heterocycles. The Labute approximate surface area is 195 Å². The monoisotopic (exact) mass is 464 g/mol. The molecule has 0 aliphatic carbocycles. The number of carbonyl (C=O) groups excluding carboxylic acids is 4. The Morgan fingerprint density at radius 2 is 1.06 bits per heavy atom. The molecule has 0 unspecified atom stereocenters. The van der Waals surface area contributed by atoms with Crippen LogP contribution in [0.1, 0.15) is 41.5 Å². The number of imide groups is 1. The summed E-state index contributed by atoms with van der Waals surface area (Å²) >= 11 is 3.53. The van der Waals surface area contributed by atoms with Gasteiger partial charge >= 0.3 is 11.9 Å². The number of hydrogen-bond donors (Lipinski definition) is 5. The van der Waals surface area contributed by atoms with Gasteiger partial charge in [0.1, 0.15) is 0 Å². The molecule has 0 bridgehead atoms. The van der Waals surface area contributed by atoms with Crippen molar-refractivity contribution in [3.8, 4) is 12.8 Å². The number of nitrogens with one attached hydrogen (secondary N) is 2. The van der Waals surface area contributed by atoms with Gasteiger partial charge < -0.3 is 22.0 Å². The Balaban J connectivity index is -0.0000000270. The van der Waals surface area contributed by atoms with E-state index < -0.39 is 11.9 Å². The Morgan fingerprint density at radius 1 is 0.903 bits per heavy atom.